The van der Waals surface area contributed by atoms with E-state index in [0.717, 1.165) is 15.4 Å². The average Bonchev–Trinajstić information content (AvgIpc) is 2.53. The van der Waals surface area contributed by atoms with Crippen molar-refractivity contribution in [2.75, 3.05) is 12.3 Å². The summed E-state index contributed by atoms with van der Waals surface area (Å²) in [6.07, 6.45) is 0.702. The van der Waals surface area contributed by atoms with Crippen molar-refractivity contribution >= 4 is 15.9 Å². The number of nitrogens with zero attached hydrogens (tertiary/aromatic N) is 1. The van der Waals surface area contributed by atoms with Gasteiger partial charge in [0.2, 0.25) is 15.9 Å². The zero-order valence-corrected chi connectivity index (χ0v) is 10.5. The van der Waals surface area contributed by atoms with E-state index in [0.29, 0.717) is 6.42 Å². The molecule has 0 aromatic heterocycles. The van der Waals surface area contributed by atoms with Gasteiger partial charge in [0.05, 0.1) is 5.75 Å². The number of sulfonamides is 1. The molecule has 0 atom stereocenters. The van der Waals surface area contributed by atoms with Gasteiger partial charge in [-0.2, -0.15) is 0 Å². The predicted molar refractivity (Wildman–Crippen MR) is 65.0 cm³/mol. The molecule has 2 rings (SSSR count). The van der Waals surface area contributed by atoms with Crippen LogP contribution in [0.4, 0.5) is 0 Å². The Kier molecular flexibility index (Phi) is 3.19. The molecule has 0 aliphatic carbocycles. The molecule has 1 amide bonds. The fraction of sp³-hybridized carbons (Fsp3) is 0.417. The van der Waals surface area contributed by atoms with Crippen LogP contribution in [0.25, 0.3) is 0 Å². The van der Waals surface area contributed by atoms with Crippen molar-refractivity contribution in [3.8, 4) is 0 Å². The van der Waals surface area contributed by atoms with Crippen molar-refractivity contribution < 1.29 is 13.2 Å². The molecule has 0 unspecified atom stereocenters. The lowest BCUT2D eigenvalue weighted by molar-refractivity contribution is -0.125. The van der Waals surface area contributed by atoms with Gasteiger partial charge in [-0.3, -0.25) is 4.79 Å². The minimum absolute atomic E-state index is 0.0421. The van der Waals surface area contributed by atoms with Gasteiger partial charge in [0.15, 0.2) is 0 Å². The Morgan fingerprint density at radius 1 is 1.29 bits per heavy atom. The number of rotatable bonds is 3. The van der Waals surface area contributed by atoms with Crippen LogP contribution in [0.15, 0.2) is 24.3 Å². The van der Waals surface area contributed by atoms with Gasteiger partial charge >= 0.3 is 0 Å². The summed E-state index contributed by atoms with van der Waals surface area (Å²) in [7, 11) is -3.34. The minimum atomic E-state index is -3.34. The van der Waals surface area contributed by atoms with Gasteiger partial charge in [-0.15, -0.1) is 0 Å². The van der Waals surface area contributed by atoms with Gasteiger partial charge in [-0.25, -0.2) is 12.7 Å². The SMILES string of the molecule is Cc1ccccc1CCN1C(=O)CCS1(=O)=O. The minimum Gasteiger partial charge on any atom is -0.274 e. The summed E-state index contributed by atoms with van der Waals surface area (Å²) in [6, 6.07) is 7.80. The Bertz CT molecular complexity index is 536. The van der Waals surface area contributed by atoms with E-state index < -0.39 is 10.0 Å². The maximum atomic E-state index is 11.6. The van der Waals surface area contributed by atoms with Crippen molar-refractivity contribution in [3.05, 3.63) is 35.4 Å². The molecule has 1 aromatic carbocycles. The van der Waals surface area contributed by atoms with Crippen LogP contribution in [0, 0.1) is 6.92 Å². The molecule has 1 saturated heterocycles. The van der Waals surface area contributed by atoms with Crippen molar-refractivity contribution in [1.82, 2.24) is 4.31 Å². The second-order valence-electron chi connectivity index (χ2n) is 4.21. The Morgan fingerprint density at radius 3 is 2.59 bits per heavy atom. The van der Waals surface area contributed by atoms with Crippen LogP contribution in [0.3, 0.4) is 0 Å². The number of carbonyl (C=O) groups excluding carboxylic acids is 1. The fourth-order valence-electron chi connectivity index (χ4n) is 1.98. The topological polar surface area (TPSA) is 54.5 Å². The zero-order valence-electron chi connectivity index (χ0n) is 9.72. The Labute approximate surface area is 101 Å². The van der Waals surface area contributed by atoms with Gasteiger partial charge in [0.1, 0.15) is 0 Å². The van der Waals surface area contributed by atoms with Crippen LogP contribution in [0.2, 0.25) is 0 Å². The second-order valence-corrected chi connectivity index (χ2v) is 6.22. The number of hydrogen-bond donors (Lipinski definition) is 0. The highest BCUT2D eigenvalue weighted by molar-refractivity contribution is 7.90. The van der Waals surface area contributed by atoms with Crippen LogP contribution in [-0.2, 0) is 21.2 Å². The second kappa shape index (κ2) is 4.49. The quantitative estimate of drug-likeness (QED) is 0.810. The summed E-state index contributed by atoms with van der Waals surface area (Å²) in [4.78, 5) is 11.4. The molecule has 92 valence electrons. The van der Waals surface area contributed by atoms with Crippen molar-refractivity contribution in [1.29, 1.82) is 0 Å². The molecule has 0 spiro atoms. The Hall–Kier alpha value is -1.36. The summed E-state index contributed by atoms with van der Waals surface area (Å²) in [6.45, 7) is 2.24. The van der Waals surface area contributed by atoms with E-state index in [-0.39, 0.29) is 24.6 Å². The molecular formula is C12H15NO3S. The molecule has 1 aliphatic heterocycles. The van der Waals surface area contributed by atoms with Crippen LogP contribution >= 0.6 is 0 Å². The average molecular weight is 253 g/mol. The predicted octanol–water partition coefficient (Wildman–Crippen LogP) is 1.10. The van der Waals surface area contributed by atoms with Gasteiger partial charge in [0.25, 0.3) is 0 Å². The lowest BCUT2D eigenvalue weighted by atomic mass is 10.1. The first-order chi connectivity index (χ1) is 8.00. The summed E-state index contributed by atoms with van der Waals surface area (Å²) >= 11 is 0. The lowest BCUT2D eigenvalue weighted by Gasteiger charge is -2.15. The van der Waals surface area contributed by atoms with E-state index in [1.807, 2.05) is 31.2 Å². The van der Waals surface area contributed by atoms with Gasteiger partial charge in [-0.05, 0) is 24.5 Å². The first-order valence-electron chi connectivity index (χ1n) is 5.58. The third-order valence-corrected chi connectivity index (χ3v) is 4.81. The summed E-state index contributed by atoms with van der Waals surface area (Å²) < 4.78 is 24.2. The van der Waals surface area contributed by atoms with Crippen LogP contribution in [0.1, 0.15) is 17.5 Å². The highest BCUT2D eigenvalue weighted by Gasteiger charge is 2.34. The highest BCUT2D eigenvalue weighted by Crippen LogP contribution is 2.16. The van der Waals surface area contributed by atoms with Crippen LogP contribution < -0.4 is 0 Å². The Balaban J connectivity index is 2.09. The van der Waals surface area contributed by atoms with Crippen molar-refractivity contribution in [3.63, 3.8) is 0 Å². The molecule has 1 fully saturated rings. The molecule has 1 heterocycles. The molecule has 17 heavy (non-hydrogen) atoms. The maximum Gasteiger partial charge on any atom is 0.237 e. The number of aryl methyl sites for hydroxylation is 1. The summed E-state index contributed by atoms with van der Waals surface area (Å²) in [5.41, 5.74) is 2.21. The number of hydrogen-bond acceptors (Lipinski definition) is 3. The fourth-order valence-corrected chi connectivity index (χ4v) is 3.41. The number of carbonyl (C=O) groups is 1. The third kappa shape index (κ3) is 2.49. The lowest BCUT2D eigenvalue weighted by Crippen LogP contribution is -2.31. The van der Waals surface area contributed by atoms with E-state index >= 15 is 0 Å². The standard InChI is InChI=1S/C12H15NO3S/c1-10-4-2-3-5-11(10)6-8-13-12(14)7-9-17(13,15)16/h2-5H,6-9H2,1H3. The van der Waals surface area contributed by atoms with E-state index in [1.54, 1.807) is 0 Å². The van der Waals surface area contributed by atoms with Crippen LogP contribution in [0.5, 0.6) is 0 Å². The van der Waals surface area contributed by atoms with Crippen molar-refractivity contribution in [2.45, 2.75) is 19.8 Å². The van der Waals surface area contributed by atoms with Crippen molar-refractivity contribution in [2.24, 2.45) is 0 Å². The molecule has 5 heteroatoms. The van der Waals surface area contributed by atoms with E-state index in [1.165, 1.54) is 0 Å². The Morgan fingerprint density at radius 2 is 2.00 bits per heavy atom. The molecule has 1 aliphatic rings. The first-order valence-corrected chi connectivity index (χ1v) is 7.19. The zero-order chi connectivity index (χ0) is 12.5. The summed E-state index contributed by atoms with van der Waals surface area (Å²) in [5, 5.41) is 0. The van der Waals surface area contributed by atoms with E-state index in [2.05, 4.69) is 0 Å². The smallest absolute Gasteiger partial charge is 0.237 e. The largest absolute Gasteiger partial charge is 0.274 e. The number of amides is 1. The van der Waals surface area contributed by atoms with E-state index in [9.17, 15) is 13.2 Å². The first kappa shape index (κ1) is 12.1. The molecule has 0 saturated carbocycles. The van der Waals surface area contributed by atoms with Crippen LogP contribution in [-0.4, -0.2) is 30.9 Å². The molecule has 0 N–H and O–H groups in total. The molecule has 4 nitrogen and oxygen atoms in total. The van der Waals surface area contributed by atoms with Gasteiger partial charge in [-0.1, -0.05) is 24.3 Å². The highest BCUT2D eigenvalue weighted by atomic mass is 32.2. The van der Waals surface area contributed by atoms with E-state index in [4.69, 9.17) is 0 Å². The van der Waals surface area contributed by atoms with Gasteiger partial charge in [0, 0.05) is 13.0 Å². The normalized spacial score (nSPS) is 18.6. The molecule has 0 bridgehead atoms. The molecule has 1 aromatic rings. The number of benzene rings is 1. The molecular weight excluding hydrogens is 238 g/mol. The third-order valence-electron chi connectivity index (χ3n) is 3.03. The molecule has 0 radical (unpaired) electrons. The maximum absolute atomic E-state index is 11.6. The summed E-state index contributed by atoms with van der Waals surface area (Å²) in [5.74, 6) is -0.321. The van der Waals surface area contributed by atoms with Gasteiger partial charge < -0.3 is 0 Å². The monoisotopic (exact) mass is 253 g/mol.